The molecule has 0 bridgehead atoms. The Morgan fingerprint density at radius 1 is 1.12 bits per heavy atom. The molecular weight excluding hydrogens is 513 g/mol. The third-order valence-corrected chi connectivity index (χ3v) is 5.85. The number of nitrogens with zero attached hydrogens (tertiary/aromatic N) is 3. The topological polar surface area (TPSA) is 118 Å². The SMILES string of the molecule is COCCOc1cc(Nc2nc(N[C@H](Cc3ccccc3)[C@H](C)CC(=O)OC(C)(C)C)c(F)cc2C#N)ccn1. The second kappa shape index (κ2) is 14.2. The molecule has 0 fully saturated rings. The Morgan fingerprint density at radius 2 is 1.88 bits per heavy atom. The second-order valence-corrected chi connectivity index (χ2v) is 10.4. The zero-order valence-electron chi connectivity index (χ0n) is 23.5. The predicted octanol–water partition coefficient (Wildman–Crippen LogP) is 5.65. The Hall–Kier alpha value is -4.23. The third-order valence-electron chi connectivity index (χ3n) is 5.85. The maximum Gasteiger partial charge on any atom is 0.306 e. The standard InChI is InChI=1S/C30H36FN5O4/c1-20(15-27(37)40-30(2,3)4)25(16-21-9-7-6-8-10-21)35-29-24(31)17-22(19-32)28(36-29)34-23-11-12-33-26(18-23)39-14-13-38-5/h6-12,17-18,20,25H,13-16H2,1-5H3,(H2,33,34,35,36)/t20-,25-/m1/s1. The number of methoxy groups -OCH3 is 1. The molecule has 0 amide bonds. The average Bonchev–Trinajstić information content (AvgIpc) is 2.89. The minimum Gasteiger partial charge on any atom is -0.475 e. The molecule has 3 rings (SSSR count). The van der Waals surface area contributed by atoms with Crippen molar-refractivity contribution in [1.82, 2.24) is 9.97 Å². The monoisotopic (exact) mass is 549 g/mol. The highest BCUT2D eigenvalue weighted by Gasteiger charge is 2.26. The molecular formula is C30H36FN5O4. The van der Waals surface area contributed by atoms with Gasteiger partial charge in [-0.3, -0.25) is 4.79 Å². The summed E-state index contributed by atoms with van der Waals surface area (Å²) in [6.45, 7) is 8.09. The fourth-order valence-corrected chi connectivity index (χ4v) is 3.93. The molecule has 0 aliphatic carbocycles. The van der Waals surface area contributed by atoms with Gasteiger partial charge in [0.15, 0.2) is 17.5 Å². The Morgan fingerprint density at radius 3 is 2.55 bits per heavy atom. The van der Waals surface area contributed by atoms with Gasteiger partial charge in [-0.15, -0.1) is 0 Å². The van der Waals surface area contributed by atoms with E-state index in [2.05, 4.69) is 20.6 Å². The lowest BCUT2D eigenvalue weighted by molar-refractivity contribution is -0.155. The lowest BCUT2D eigenvalue weighted by Gasteiger charge is -2.27. The van der Waals surface area contributed by atoms with Crippen LogP contribution in [0.4, 0.5) is 21.7 Å². The highest BCUT2D eigenvalue weighted by atomic mass is 19.1. The highest BCUT2D eigenvalue weighted by Crippen LogP contribution is 2.27. The normalized spacial score (nSPS) is 12.6. The van der Waals surface area contributed by atoms with Crippen molar-refractivity contribution in [2.75, 3.05) is 31.0 Å². The first-order valence-electron chi connectivity index (χ1n) is 13.1. The molecule has 0 saturated carbocycles. The van der Waals surface area contributed by atoms with Crippen molar-refractivity contribution in [1.29, 1.82) is 5.26 Å². The Bertz CT molecular complexity index is 1310. The van der Waals surface area contributed by atoms with Gasteiger partial charge in [0.2, 0.25) is 5.88 Å². The van der Waals surface area contributed by atoms with Gasteiger partial charge in [-0.25, -0.2) is 14.4 Å². The number of anilines is 3. The van der Waals surface area contributed by atoms with E-state index in [9.17, 15) is 10.1 Å². The van der Waals surface area contributed by atoms with Crippen LogP contribution in [0.5, 0.6) is 5.88 Å². The zero-order chi connectivity index (χ0) is 29.1. The summed E-state index contributed by atoms with van der Waals surface area (Å²) < 4.78 is 31.3. The van der Waals surface area contributed by atoms with Crippen molar-refractivity contribution in [2.24, 2.45) is 5.92 Å². The number of nitriles is 1. The molecule has 0 aliphatic rings. The van der Waals surface area contributed by atoms with E-state index in [0.717, 1.165) is 11.6 Å². The van der Waals surface area contributed by atoms with Crippen LogP contribution in [0, 0.1) is 23.1 Å². The summed E-state index contributed by atoms with van der Waals surface area (Å²) in [4.78, 5) is 21.2. The molecule has 0 radical (unpaired) electrons. The van der Waals surface area contributed by atoms with Gasteiger partial charge in [0, 0.05) is 31.1 Å². The fraction of sp³-hybridized carbons (Fsp3) is 0.400. The molecule has 2 heterocycles. The van der Waals surface area contributed by atoms with E-state index in [0.29, 0.717) is 31.2 Å². The number of nitrogens with one attached hydrogen (secondary N) is 2. The molecule has 2 atom stereocenters. The summed E-state index contributed by atoms with van der Waals surface area (Å²) in [5, 5.41) is 15.9. The summed E-state index contributed by atoms with van der Waals surface area (Å²) >= 11 is 0. The first-order valence-corrected chi connectivity index (χ1v) is 13.1. The summed E-state index contributed by atoms with van der Waals surface area (Å²) in [5.74, 6) is -0.752. The minimum absolute atomic E-state index is 0.0307. The van der Waals surface area contributed by atoms with Crippen LogP contribution in [0.15, 0.2) is 54.7 Å². The van der Waals surface area contributed by atoms with E-state index in [1.807, 2.05) is 64.1 Å². The minimum atomic E-state index is -0.678. The molecule has 9 nitrogen and oxygen atoms in total. The number of hydrogen-bond donors (Lipinski definition) is 2. The Labute approximate surface area is 234 Å². The molecule has 10 heteroatoms. The molecule has 3 aromatic rings. The van der Waals surface area contributed by atoms with Gasteiger partial charge in [-0.2, -0.15) is 5.26 Å². The van der Waals surface area contributed by atoms with Gasteiger partial charge in [0.05, 0.1) is 18.6 Å². The van der Waals surface area contributed by atoms with Gasteiger partial charge >= 0.3 is 5.97 Å². The van der Waals surface area contributed by atoms with Gasteiger partial charge < -0.3 is 24.8 Å². The Balaban J connectivity index is 1.86. The number of rotatable bonds is 13. The van der Waals surface area contributed by atoms with E-state index in [1.54, 1.807) is 25.4 Å². The van der Waals surface area contributed by atoms with Crippen LogP contribution >= 0.6 is 0 Å². The maximum absolute atomic E-state index is 15.2. The van der Waals surface area contributed by atoms with Crippen molar-refractivity contribution in [3.05, 3.63) is 71.7 Å². The number of benzene rings is 1. The second-order valence-electron chi connectivity index (χ2n) is 10.4. The molecule has 0 saturated heterocycles. The maximum atomic E-state index is 15.2. The van der Waals surface area contributed by atoms with Crippen LogP contribution < -0.4 is 15.4 Å². The van der Waals surface area contributed by atoms with Crippen molar-refractivity contribution in [3.8, 4) is 11.9 Å². The molecule has 2 N–H and O–H groups in total. The molecule has 0 aliphatic heterocycles. The van der Waals surface area contributed by atoms with Gasteiger partial charge in [-0.05, 0) is 50.8 Å². The molecule has 0 spiro atoms. The molecule has 40 heavy (non-hydrogen) atoms. The van der Waals surface area contributed by atoms with Crippen LogP contribution in [0.25, 0.3) is 0 Å². The first-order chi connectivity index (χ1) is 19.1. The van der Waals surface area contributed by atoms with E-state index in [-0.39, 0.29) is 41.5 Å². The number of carbonyl (C=O) groups excluding carboxylic acids is 1. The van der Waals surface area contributed by atoms with Crippen LogP contribution in [0.3, 0.4) is 0 Å². The number of pyridine rings is 2. The average molecular weight is 550 g/mol. The number of carbonyl (C=O) groups is 1. The van der Waals surface area contributed by atoms with Crippen molar-refractivity contribution < 1.29 is 23.4 Å². The van der Waals surface area contributed by atoms with E-state index < -0.39 is 11.4 Å². The van der Waals surface area contributed by atoms with Crippen LogP contribution in [0.1, 0.15) is 45.2 Å². The lowest BCUT2D eigenvalue weighted by Crippen LogP contribution is -2.34. The summed E-state index contributed by atoms with van der Waals surface area (Å²) in [7, 11) is 1.58. The first kappa shape index (κ1) is 30.3. The van der Waals surface area contributed by atoms with E-state index >= 15 is 4.39 Å². The largest absolute Gasteiger partial charge is 0.475 e. The smallest absolute Gasteiger partial charge is 0.306 e. The summed E-state index contributed by atoms with van der Waals surface area (Å²) in [5.41, 5.74) is 0.995. The van der Waals surface area contributed by atoms with Crippen molar-refractivity contribution in [3.63, 3.8) is 0 Å². The molecule has 0 unspecified atom stereocenters. The number of halogens is 1. The van der Waals surface area contributed by atoms with Gasteiger partial charge in [-0.1, -0.05) is 37.3 Å². The van der Waals surface area contributed by atoms with Gasteiger partial charge in [0.25, 0.3) is 0 Å². The van der Waals surface area contributed by atoms with Crippen LogP contribution in [-0.4, -0.2) is 47.9 Å². The summed E-state index contributed by atoms with van der Waals surface area (Å²) in [6.07, 6.45) is 2.20. The molecule has 212 valence electrons. The fourth-order valence-electron chi connectivity index (χ4n) is 3.93. The number of aromatic nitrogens is 2. The number of ether oxygens (including phenoxy) is 3. The summed E-state index contributed by atoms with van der Waals surface area (Å²) in [6, 6.07) is 15.8. The Kier molecular flexibility index (Phi) is 10.8. The quantitative estimate of drug-likeness (QED) is 0.206. The van der Waals surface area contributed by atoms with Gasteiger partial charge in [0.1, 0.15) is 18.3 Å². The zero-order valence-corrected chi connectivity index (χ0v) is 23.5. The van der Waals surface area contributed by atoms with Crippen LogP contribution in [-0.2, 0) is 20.7 Å². The van der Waals surface area contributed by atoms with Crippen LogP contribution in [0.2, 0.25) is 0 Å². The predicted molar refractivity (Wildman–Crippen MR) is 151 cm³/mol. The number of hydrogen-bond acceptors (Lipinski definition) is 9. The van der Waals surface area contributed by atoms with E-state index in [1.165, 1.54) is 0 Å². The number of esters is 1. The third kappa shape index (κ3) is 9.50. The highest BCUT2D eigenvalue weighted by molar-refractivity contribution is 5.70. The lowest BCUT2D eigenvalue weighted by atomic mass is 9.92. The van der Waals surface area contributed by atoms with Crippen molar-refractivity contribution in [2.45, 2.75) is 52.2 Å². The van der Waals surface area contributed by atoms with E-state index in [4.69, 9.17) is 14.2 Å². The van der Waals surface area contributed by atoms with Crippen molar-refractivity contribution >= 4 is 23.3 Å². The molecule has 1 aromatic carbocycles. The molecule has 2 aromatic heterocycles.